The second-order valence-electron chi connectivity index (χ2n) is 8.00. The normalized spacial score (nSPS) is 14.4. The largest absolute Gasteiger partial charge is 0.334 e. The standard InChI is InChI=1S/C24H24N6O/c1-17(18-10-12-20(13-11-18)29-16-25-15-26-29)28(2)24(31)23-14-22(19-8-9-19)27-30(23)21-6-4-3-5-7-21/h3-7,10-17,19H,8-9H2,1-2H3/t17-/m0/s1. The number of aromatic nitrogens is 5. The summed E-state index contributed by atoms with van der Waals surface area (Å²) in [6.07, 6.45) is 5.46. The minimum atomic E-state index is -0.0965. The summed E-state index contributed by atoms with van der Waals surface area (Å²) in [4.78, 5) is 19.3. The molecule has 4 aromatic rings. The lowest BCUT2D eigenvalue weighted by Crippen LogP contribution is -2.31. The molecule has 0 radical (unpaired) electrons. The van der Waals surface area contributed by atoms with Crippen LogP contribution in [0.5, 0.6) is 0 Å². The topological polar surface area (TPSA) is 68.8 Å². The highest BCUT2D eigenvalue weighted by atomic mass is 16.2. The first-order valence-corrected chi connectivity index (χ1v) is 10.5. The number of rotatable bonds is 6. The molecule has 0 unspecified atom stereocenters. The van der Waals surface area contributed by atoms with Crippen LogP contribution in [0.1, 0.15) is 53.5 Å². The minimum absolute atomic E-state index is 0.0453. The third-order valence-corrected chi connectivity index (χ3v) is 5.90. The van der Waals surface area contributed by atoms with Gasteiger partial charge in [-0.15, -0.1) is 0 Å². The molecular weight excluding hydrogens is 388 g/mol. The molecule has 1 amide bonds. The van der Waals surface area contributed by atoms with Gasteiger partial charge < -0.3 is 4.90 Å². The van der Waals surface area contributed by atoms with Crippen LogP contribution >= 0.6 is 0 Å². The molecule has 1 aliphatic rings. The SMILES string of the molecule is C[C@@H](c1ccc(-n2cncn2)cc1)N(C)C(=O)c1cc(C2CC2)nn1-c1ccccc1. The zero-order valence-electron chi connectivity index (χ0n) is 17.6. The van der Waals surface area contributed by atoms with Crippen LogP contribution in [0, 0.1) is 0 Å². The summed E-state index contributed by atoms with van der Waals surface area (Å²) >= 11 is 0. The van der Waals surface area contributed by atoms with Crippen molar-refractivity contribution in [3.63, 3.8) is 0 Å². The van der Waals surface area contributed by atoms with E-state index < -0.39 is 0 Å². The first kappa shape index (κ1) is 19.2. The number of carbonyl (C=O) groups excluding carboxylic acids is 1. The number of hydrogen-bond acceptors (Lipinski definition) is 4. The Bertz CT molecular complexity index is 1180. The van der Waals surface area contributed by atoms with Gasteiger partial charge in [0.2, 0.25) is 0 Å². The van der Waals surface area contributed by atoms with Crippen LogP contribution in [-0.2, 0) is 0 Å². The Labute approximate surface area is 181 Å². The minimum Gasteiger partial charge on any atom is -0.334 e. The van der Waals surface area contributed by atoms with Gasteiger partial charge in [0.1, 0.15) is 18.3 Å². The van der Waals surface area contributed by atoms with Crippen molar-refractivity contribution in [3.05, 3.63) is 90.3 Å². The molecule has 1 saturated carbocycles. The van der Waals surface area contributed by atoms with Gasteiger partial charge in [0.25, 0.3) is 5.91 Å². The molecule has 2 heterocycles. The maximum Gasteiger partial charge on any atom is 0.272 e. The smallest absolute Gasteiger partial charge is 0.272 e. The fourth-order valence-corrected chi connectivity index (χ4v) is 3.72. The number of hydrogen-bond donors (Lipinski definition) is 0. The first-order valence-electron chi connectivity index (χ1n) is 10.5. The summed E-state index contributed by atoms with van der Waals surface area (Å²) in [5, 5.41) is 8.93. The van der Waals surface area contributed by atoms with Crippen molar-refractivity contribution in [3.8, 4) is 11.4 Å². The third-order valence-electron chi connectivity index (χ3n) is 5.90. The van der Waals surface area contributed by atoms with Crippen molar-refractivity contribution in [2.45, 2.75) is 31.7 Å². The summed E-state index contributed by atoms with van der Waals surface area (Å²) in [5.74, 6) is 0.430. The zero-order valence-corrected chi connectivity index (χ0v) is 17.6. The van der Waals surface area contributed by atoms with E-state index in [9.17, 15) is 4.79 Å². The molecule has 0 bridgehead atoms. The molecule has 0 N–H and O–H groups in total. The van der Waals surface area contributed by atoms with Gasteiger partial charge >= 0.3 is 0 Å². The second-order valence-corrected chi connectivity index (χ2v) is 8.00. The molecule has 5 rings (SSSR count). The maximum atomic E-state index is 13.5. The van der Waals surface area contributed by atoms with Gasteiger partial charge in [-0.1, -0.05) is 30.3 Å². The van der Waals surface area contributed by atoms with Gasteiger partial charge in [0, 0.05) is 13.0 Å². The summed E-state index contributed by atoms with van der Waals surface area (Å²) in [7, 11) is 1.84. The molecule has 2 aromatic carbocycles. The number of carbonyl (C=O) groups is 1. The predicted molar refractivity (Wildman–Crippen MR) is 117 cm³/mol. The van der Waals surface area contributed by atoms with E-state index in [1.54, 1.807) is 20.6 Å². The summed E-state index contributed by atoms with van der Waals surface area (Å²) in [6.45, 7) is 2.04. The highest BCUT2D eigenvalue weighted by molar-refractivity contribution is 5.93. The van der Waals surface area contributed by atoms with E-state index in [1.807, 2.05) is 74.6 Å². The van der Waals surface area contributed by atoms with Crippen LogP contribution in [0.25, 0.3) is 11.4 Å². The molecule has 1 aliphatic carbocycles. The van der Waals surface area contributed by atoms with Crippen LogP contribution in [0.15, 0.2) is 73.3 Å². The van der Waals surface area contributed by atoms with Crippen molar-refractivity contribution in [2.75, 3.05) is 7.05 Å². The molecule has 0 saturated heterocycles. The molecule has 0 spiro atoms. The third kappa shape index (κ3) is 3.74. The zero-order chi connectivity index (χ0) is 21.4. The Morgan fingerprint density at radius 3 is 2.45 bits per heavy atom. The lowest BCUT2D eigenvalue weighted by atomic mass is 10.1. The summed E-state index contributed by atoms with van der Waals surface area (Å²) in [6, 6.07) is 19.7. The predicted octanol–water partition coefficient (Wildman–Crippen LogP) is 4.16. The number of para-hydroxylation sites is 1. The monoisotopic (exact) mass is 412 g/mol. The van der Waals surface area contributed by atoms with E-state index in [0.29, 0.717) is 11.6 Å². The van der Waals surface area contributed by atoms with Crippen LogP contribution in [0.3, 0.4) is 0 Å². The Kier molecular flexibility index (Phi) is 4.86. The van der Waals surface area contributed by atoms with Crippen molar-refractivity contribution in [1.82, 2.24) is 29.4 Å². The van der Waals surface area contributed by atoms with Crippen molar-refractivity contribution >= 4 is 5.91 Å². The van der Waals surface area contributed by atoms with Gasteiger partial charge in [-0.25, -0.2) is 14.3 Å². The van der Waals surface area contributed by atoms with Crippen LogP contribution in [0.4, 0.5) is 0 Å². The Morgan fingerprint density at radius 2 is 1.81 bits per heavy atom. The number of benzene rings is 2. The van der Waals surface area contributed by atoms with Crippen molar-refractivity contribution < 1.29 is 4.79 Å². The molecule has 7 nitrogen and oxygen atoms in total. The van der Waals surface area contributed by atoms with E-state index in [-0.39, 0.29) is 11.9 Å². The molecule has 1 fully saturated rings. The van der Waals surface area contributed by atoms with Gasteiger partial charge in [0.15, 0.2) is 0 Å². The molecule has 31 heavy (non-hydrogen) atoms. The van der Waals surface area contributed by atoms with Gasteiger partial charge in [-0.2, -0.15) is 10.2 Å². The van der Waals surface area contributed by atoms with Gasteiger partial charge in [-0.3, -0.25) is 4.79 Å². The molecule has 0 aliphatic heterocycles. The summed E-state index contributed by atoms with van der Waals surface area (Å²) in [5.41, 5.74) is 4.48. The summed E-state index contributed by atoms with van der Waals surface area (Å²) < 4.78 is 3.49. The van der Waals surface area contributed by atoms with E-state index >= 15 is 0 Å². The first-order chi connectivity index (χ1) is 15.1. The quantitative estimate of drug-likeness (QED) is 0.477. The molecule has 156 valence electrons. The van der Waals surface area contributed by atoms with Crippen molar-refractivity contribution in [1.29, 1.82) is 0 Å². The van der Waals surface area contributed by atoms with Gasteiger partial charge in [-0.05, 0) is 55.7 Å². The van der Waals surface area contributed by atoms with E-state index in [0.717, 1.165) is 35.5 Å². The molecule has 7 heteroatoms. The number of amides is 1. The maximum absolute atomic E-state index is 13.5. The van der Waals surface area contributed by atoms with Crippen LogP contribution in [0.2, 0.25) is 0 Å². The highest BCUT2D eigenvalue weighted by Crippen LogP contribution is 2.40. The fraction of sp³-hybridized carbons (Fsp3) is 0.250. The van der Waals surface area contributed by atoms with Crippen LogP contribution in [-0.4, -0.2) is 42.4 Å². The average molecular weight is 412 g/mol. The fourth-order valence-electron chi connectivity index (χ4n) is 3.72. The number of nitrogens with zero attached hydrogens (tertiary/aromatic N) is 6. The Balaban J connectivity index is 1.42. The lowest BCUT2D eigenvalue weighted by Gasteiger charge is -2.25. The van der Waals surface area contributed by atoms with Crippen LogP contribution < -0.4 is 0 Å². The average Bonchev–Trinajstić information content (AvgIpc) is 3.34. The van der Waals surface area contributed by atoms with Crippen molar-refractivity contribution in [2.24, 2.45) is 0 Å². The second kappa shape index (κ2) is 7.83. The molecular formula is C24H24N6O. The Morgan fingerprint density at radius 1 is 1.06 bits per heavy atom. The highest BCUT2D eigenvalue weighted by Gasteiger charge is 2.30. The lowest BCUT2D eigenvalue weighted by molar-refractivity contribution is 0.0733. The Hall–Kier alpha value is -3.74. The molecule has 2 aromatic heterocycles. The van der Waals surface area contributed by atoms with Gasteiger partial charge in [0.05, 0.1) is 23.1 Å². The van der Waals surface area contributed by atoms with E-state index in [2.05, 4.69) is 10.1 Å². The molecule has 1 atom stereocenters. The van der Waals surface area contributed by atoms with E-state index in [1.165, 1.54) is 6.33 Å². The van der Waals surface area contributed by atoms with E-state index in [4.69, 9.17) is 5.10 Å².